The van der Waals surface area contributed by atoms with Gasteiger partial charge in [-0.05, 0) is 70.3 Å². The summed E-state index contributed by atoms with van der Waals surface area (Å²) >= 11 is 0. The number of rotatable bonds is 2. The van der Waals surface area contributed by atoms with Gasteiger partial charge < -0.3 is 15.2 Å². The molecular weight excluding hydrogens is 254 g/mol. The summed E-state index contributed by atoms with van der Waals surface area (Å²) in [5.74, 6) is -0.0410. The van der Waals surface area contributed by atoms with Gasteiger partial charge in [0.05, 0.1) is 0 Å². The lowest BCUT2D eigenvalue weighted by Crippen LogP contribution is -2.27. The predicted octanol–water partition coefficient (Wildman–Crippen LogP) is 2.81. The number of hydrogen-bond acceptors (Lipinski definition) is 4. The van der Waals surface area contributed by atoms with Gasteiger partial charge >= 0.3 is 5.97 Å². The van der Waals surface area contributed by atoms with Crippen LogP contribution in [0, 0.1) is 0 Å². The van der Waals surface area contributed by atoms with Crippen LogP contribution < -0.4 is 5.32 Å². The maximum atomic E-state index is 12.1. The van der Waals surface area contributed by atoms with E-state index in [9.17, 15) is 9.90 Å². The quantitative estimate of drug-likeness (QED) is 0.816. The minimum absolute atomic E-state index is 0.0167. The van der Waals surface area contributed by atoms with Gasteiger partial charge in [-0.1, -0.05) is 6.07 Å². The number of piperidine rings is 1. The second kappa shape index (κ2) is 5.83. The van der Waals surface area contributed by atoms with Crippen molar-refractivity contribution in [3.8, 4) is 5.75 Å². The first kappa shape index (κ1) is 14.9. The van der Waals surface area contributed by atoms with E-state index in [1.165, 1.54) is 0 Å². The van der Waals surface area contributed by atoms with Crippen molar-refractivity contribution in [3.05, 3.63) is 29.3 Å². The number of aromatic hydroxyl groups is 1. The van der Waals surface area contributed by atoms with Crippen molar-refractivity contribution in [2.75, 3.05) is 13.1 Å². The largest absolute Gasteiger partial charge is 0.507 e. The number of ether oxygens (including phenoxy) is 1. The van der Waals surface area contributed by atoms with E-state index < -0.39 is 11.6 Å². The van der Waals surface area contributed by atoms with E-state index in [1.807, 2.05) is 26.8 Å². The van der Waals surface area contributed by atoms with E-state index in [0.717, 1.165) is 31.5 Å². The molecule has 0 bridgehead atoms. The van der Waals surface area contributed by atoms with Crippen LogP contribution in [0.4, 0.5) is 0 Å². The third-order valence-electron chi connectivity index (χ3n) is 3.45. The van der Waals surface area contributed by atoms with Crippen LogP contribution in [0.3, 0.4) is 0 Å². The molecule has 1 saturated heterocycles. The number of carbonyl (C=O) groups excluding carboxylic acids is 1. The summed E-state index contributed by atoms with van der Waals surface area (Å²) in [6.45, 7) is 7.44. The Hall–Kier alpha value is -1.55. The third-order valence-corrected chi connectivity index (χ3v) is 3.45. The molecule has 4 heteroatoms. The van der Waals surface area contributed by atoms with Crippen molar-refractivity contribution in [2.24, 2.45) is 0 Å². The average Bonchev–Trinajstić information content (AvgIpc) is 2.38. The fraction of sp³-hybridized carbons (Fsp3) is 0.562. The highest BCUT2D eigenvalue weighted by atomic mass is 16.6. The lowest BCUT2D eigenvalue weighted by atomic mass is 9.89. The molecule has 20 heavy (non-hydrogen) atoms. The number of benzene rings is 1. The van der Waals surface area contributed by atoms with Crippen molar-refractivity contribution in [1.82, 2.24) is 5.32 Å². The number of phenols is 1. The van der Waals surface area contributed by atoms with Crippen LogP contribution in [0.5, 0.6) is 5.75 Å². The van der Waals surface area contributed by atoms with Crippen molar-refractivity contribution in [2.45, 2.75) is 45.1 Å². The van der Waals surface area contributed by atoms with Crippen LogP contribution >= 0.6 is 0 Å². The minimum atomic E-state index is -0.561. The molecule has 0 unspecified atom stereocenters. The Balaban J connectivity index is 2.22. The van der Waals surface area contributed by atoms with Gasteiger partial charge in [0, 0.05) is 0 Å². The van der Waals surface area contributed by atoms with Gasteiger partial charge in [0.15, 0.2) is 0 Å². The second-order valence-corrected chi connectivity index (χ2v) is 6.30. The SMILES string of the molecule is CC(C)(C)OC(=O)c1cc(C2CCNCC2)ccc1O. The maximum absolute atomic E-state index is 12.1. The smallest absolute Gasteiger partial charge is 0.342 e. The van der Waals surface area contributed by atoms with E-state index in [-0.39, 0.29) is 11.3 Å². The van der Waals surface area contributed by atoms with Crippen LogP contribution in [0.15, 0.2) is 18.2 Å². The molecule has 0 atom stereocenters. The molecule has 0 aliphatic carbocycles. The zero-order chi connectivity index (χ0) is 14.8. The van der Waals surface area contributed by atoms with Gasteiger partial charge in [-0.15, -0.1) is 0 Å². The van der Waals surface area contributed by atoms with Gasteiger partial charge in [0.1, 0.15) is 16.9 Å². The number of phenolic OH excluding ortho intramolecular Hbond substituents is 1. The molecule has 0 amide bonds. The Morgan fingerprint density at radius 2 is 1.95 bits per heavy atom. The van der Waals surface area contributed by atoms with Crippen molar-refractivity contribution >= 4 is 5.97 Å². The fourth-order valence-electron chi connectivity index (χ4n) is 2.46. The third kappa shape index (κ3) is 3.73. The Morgan fingerprint density at radius 1 is 1.30 bits per heavy atom. The fourth-order valence-corrected chi connectivity index (χ4v) is 2.46. The molecule has 110 valence electrons. The standard InChI is InChI=1S/C16H23NO3/c1-16(2,3)20-15(19)13-10-12(4-5-14(13)18)11-6-8-17-9-7-11/h4-5,10-11,17-18H,6-9H2,1-3H3. The van der Waals surface area contributed by atoms with Crippen LogP contribution in [0.25, 0.3) is 0 Å². The average molecular weight is 277 g/mol. The molecule has 1 aliphatic heterocycles. The minimum Gasteiger partial charge on any atom is -0.507 e. The Labute approximate surface area is 120 Å². The van der Waals surface area contributed by atoms with E-state index in [0.29, 0.717) is 5.92 Å². The first-order valence-corrected chi connectivity index (χ1v) is 7.14. The van der Waals surface area contributed by atoms with Crippen LogP contribution in [0.1, 0.15) is 55.5 Å². The first-order valence-electron chi connectivity index (χ1n) is 7.14. The summed E-state index contributed by atoms with van der Waals surface area (Å²) in [5.41, 5.74) is 0.801. The summed E-state index contributed by atoms with van der Waals surface area (Å²) in [5, 5.41) is 13.2. The molecule has 4 nitrogen and oxygen atoms in total. The van der Waals surface area contributed by atoms with Crippen LogP contribution in [-0.4, -0.2) is 29.8 Å². The molecule has 1 aliphatic rings. The first-order chi connectivity index (χ1) is 9.37. The monoisotopic (exact) mass is 277 g/mol. The Kier molecular flexibility index (Phi) is 4.33. The summed E-state index contributed by atoms with van der Waals surface area (Å²) in [6, 6.07) is 5.27. The van der Waals surface area contributed by atoms with E-state index in [2.05, 4.69) is 5.32 Å². The molecule has 0 aromatic heterocycles. The molecule has 1 aromatic carbocycles. The number of hydrogen-bond donors (Lipinski definition) is 2. The molecule has 0 saturated carbocycles. The van der Waals surface area contributed by atoms with Gasteiger partial charge in [-0.3, -0.25) is 0 Å². The molecule has 0 spiro atoms. The predicted molar refractivity (Wildman–Crippen MR) is 78.1 cm³/mol. The summed E-state index contributed by atoms with van der Waals surface area (Å²) in [7, 11) is 0. The van der Waals surface area contributed by atoms with Gasteiger partial charge in [-0.25, -0.2) is 4.79 Å². The lowest BCUT2D eigenvalue weighted by molar-refractivity contribution is 0.00667. The van der Waals surface area contributed by atoms with E-state index >= 15 is 0 Å². The van der Waals surface area contributed by atoms with Gasteiger partial charge in [0.25, 0.3) is 0 Å². The molecule has 2 rings (SSSR count). The molecule has 1 fully saturated rings. The van der Waals surface area contributed by atoms with Gasteiger partial charge in [-0.2, -0.15) is 0 Å². The van der Waals surface area contributed by atoms with E-state index in [1.54, 1.807) is 12.1 Å². The topological polar surface area (TPSA) is 58.6 Å². The number of esters is 1. The number of nitrogens with one attached hydrogen (secondary N) is 1. The molecule has 1 heterocycles. The molecular formula is C16H23NO3. The van der Waals surface area contributed by atoms with Crippen molar-refractivity contribution in [1.29, 1.82) is 0 Å². The molecule has 1 aromatic rings. The van der Waals surface area contributed by atoms with Crippen molar-refractivity contribution < 1.29 is 14.6 Å². The maximum Gasteiger partial charge on any atom is 0.342 e. The van der Waals surface area contributed by atoms with Crippen LogP contribution in [-0.2, 0) is 4.74 Å². The van der Waals surface area contributed by atoms with Crippen molar-refractivity contribution in [3.63, 3.8) is 0 Å². The zero-order valence-electron chi connectivity index (χ0n) is 12.4. The second-order valence-electron chi connectivity index (χ2n) is 6.30. The van der Waals surface area contributed by atoms with Crippen LogP contribution in [0.2, 0.25) is 0 Å². The number of carbonyl (C=O) groups is 1. The highest BCUT2D eigenvalue weighted by Gasteiger charge is 2.23. The summed E-state index contributed by atoms with van der Waals surface area (Å²) in [4.78, 5) is 12.1. The zero-order valence-corrected chi connectivity index (χ0v) is 12.4. The normalized spacial score (nSPS) is 16.9. The molecule has 2 N–H and O–H groups in total. The molecule has 0 radical (unpaired) electrons. The Morgan fingerprint density at radius 3 is 2.55 bits per heavy atom. The Bertz CT molecular complexity index is 485. The highest BCUT2D eigenvalue weighted by molar-refractivity contribution is 5.92. The highest BCUT2D eigenvalue weighted by Crippen LogP contribution is 2.30. The summed E-state index contributed by atoms with van der Waals surface area (Å²) < 4.78 is 5.34. The van der Waals surface area contributed by atoms with Gasteiger partial charge in [0.2, 0.25) is 0 Å². The summed E-state index contributed by atoms with van der Waals surface area (Å²) in [6.07, 6.45) is 2.11. The lowest BCUT2D eigenvalue weighted by Gasteiger charge is -2.24. The van der Waals surface area contributed by atoms with E-state index in [4.69, 9.17) is 4.74 Å².